The van der Waals surface area contributed by atoms with Gasteiger partial charge in [0.1, 0.15) is 4.91 Å². The van der Waals surface area contributed by atoms with Crippen LogP contribution in [0.3, 0.4) is 0 Å². The Bertz CT molecular complexity index is 799. The molecular formula is C17H17N3O2S2. The standard InChI is InChI=1S/C17H17N3O2S2/c1-10-13(11(2)21)23-16(19(10)3)14-15(22)20(17(18)24-14)9-12-7-5-4-6-8-12/h4-8,18H,9H2,1-3H3/b16-14-,18-17?. The summed E-state index contributed by atoms with van der Waals surface area (Å²) in [7, 11) is 1.85. The first-order valence-corrected chi connectivity index (χ1v) is 9.03. The summed E-state index contributed by atoms with van der Waals surface area (Å²) < 4.78 is 0. The molecule has 2 aliphatic rings. The van der Waals surface area contributed by atoms with E-state index >= 15 is 0 Å². The number of amides is 1. The fourth-order valence-corrected chi connectivity index (χ4v) is 4.72. The lowest BCUT2D eigenvalue weighted by atomic mass is 10.2. The van der Waals surface area contributed by atoms with Crippen molar-refractivity contribution in [1.82, 2.24) is 9.80 Å². The molecule has 124 valence electrons. The molecule has 0 atom stereocenters. The number of benzene rings is 1. The number of carbonyl (C=O) groups excluding carboxylic acids is 2. The molecule has 0 aromatic heterocycles. The first-order chi connectivity index (χ1) is 11.4. The monoisotopic (exact) mass is 359 g/mol. The lowest BCUT2D eigenvalue weighted by molar-refractivity contribution is -0.122. The summed E-state index contributed by atoms with van der Waals surface area (Å²) >= 11 is 2.47. The van der Waals surface area contributed by atoms with E-state index < -0.39 is 0 Å². The molecule has 1 N–H and O–H groups in total. The summed E-state index contributed by atoms with van der Waals surface area (Å²) in [6.07, 6.45) is 0. The van der Waals surface area contributed by atoms with Gasteiger partial charge in [-0.2, -0.15) is 0 Å². The van der Waals surface area contributed by atoms with Gasteiger partial charge in [0, 0.05) is 12.7 Å². The first-order valence-electron chi connectivity index (χ1n) is 7.40. The Morgan fingerprint density at radius 2 is 1.88 bits per heavy atom. The van der Waals surface area contributed by atoms with Crippen molar-refractivity contribution in [2.24, 2.45) is 0 Å². The molecule has 1 aromatic carbocycles. The van der Waals surface area contributed by atoms with Crippen molar-refractivity contribution in [1.29, 1.82) is 5.41 Å². The number of ketones is 1. The molecule has 0 unspecified atom stereocenters. The summed E-state index contributed by atoms with van der Waals surface area (Å²) in [6, 6.07) is 9.63. The van der Waals surface area contributed by atoms with Crippen LogP contribution in [0.25, 0.3) is 0 Å². The van der Waals surface area contributed by atoms with Gasteiger partial charge < -0.3 is 4.90 Å². The van der Waals surface area contributed by atoms with E-state index in [-0.39, 0.29) is 16.9 Å². The van der Waals surface area contributed by atoms with Crippen LogP contribution in [0.1, 0.15) is 19.4 Å². The van der Waals surface area contributed by atoms with Gasteiger partial charge in [-0.3, -0.25) is 19.9 Å². The Labute approximate surface area is 149 Å². The predicted octanol–water partition coefficient (Wildman–Crippen LogP) is 3.36. The van der Waals surface area contributed by atoms with Crippen molar-refractivity contribution in [2.75, 3.05) is 7.05 Å². The normalized spacial score (nSPS) is 21.3. The number of amidine groups is 1. The summed E-state index contributed by atoms with van der Waals surface area (Å²) in [5, 5.41) is 9.10. The largest absolute Gasteiger partial charge is 0.341 e. The van der Waals surface area contributed by atoms with Crippen molar-refractivity contribution in [2.45, 2.75) is 20.4 Å². The fourth-order valence-electron chi connectivity index (χ4n) is 2.52. The SMILES string of the molecule is CC(=O)C1=C(C)N(C)/C(=C2/SC(=N)N(Cc3ccccc3)C2=O)S1. The van der Waals surface area contributed by atoms with Crippen molar-refractivity contribution in [3.63, 3.8) is 0 Å². The molecule has 0 radical (unpaired) electrons. The van der Waals surface area contributed by atoms with E-state index in [1.54, 1.807) is 0 Å². The highest BCUT2D eigenvalue weighted by molar-refractivity contribution is 8.19. The molecule has 7 heteroatoms. The van der Waals surface area contributed by atoms with E-state index in [9.17, 15) is 9.59 Å². The van der Waals surface area contributed by atoms with E-state index in [0.717, 1.165) is 28.1 Å². The van der Waals surface area contributed by atoms with Gasteiger partial charge >= 0.3 is 0 Å². The van der Waals surface area contributed by atoms with Crippen molar-refractivity contribution >= 4 is 40.4 Å². The lowest BCUT2D eigenvalue weighted by Crippen LogP contribution is -2.28. The van der Waals surface area contributed by atoms with E-state index in [1.807, 2.05) is 49.2 Å². The Hall–Kier alpha value is -1.99. The van der Waals surface area contributed by atoms with Crippen LogP contribution in [0.2, 0.25) is 0 Å². The number of hydrogen-bond donors (Lipinski definition) is 1. The minimum atomic E-state index is -0.180. The number of hydrogen-bond acceptors (Lipinski definition) is 6. The van der Waals surface area contributed by atoms with Crippen molar-refractivity contribution in [3.05, 3.63) is 56.4 Å². The Kier molecular flexibility index (Phi) is 4.56. The fraction of sp³-hybridized carbons (Fsp3) is 0.235. The molecule has 24 heavy (non-hydrogen) atoms. The Morgan fingerprint density at radius 3 is 2.46 bits per heavy atom. The summed E-state index contributed by atoms with van der Waals surface area (Å²) in [5.41, 5.74) is 1.82. The summed E-state index contributed by atoms with van der Waals surface area (Å²) in [5.74, 6) is -0.188. The van der Waals surface area contributed by atoms with Gasteiger partial charge in [0.2, 0.25) is 0 Å². The second kappa shape index (κ2) is 6.49. The maximum Gasteiger partial charge on any atom is 0.269 e. The molecule has 1 amide bonds. The molecule has 1 saturated heterocycles. The molecule has 1 aromatic rings. The lowest BCUT2D eigenvalue weighted by Gasteiger charge is -2.16. The zero-order chi connectivity index (χ0) is 17.4. The quantitative estimate of drug-likeness (QED) is 0.839. The minimum absolute atomic E-state index is 0.00776. The van der Waals surface area contributed by atoms with Crippen LogP contribution in [0.15, 0.2) is 50.9 Å². The number of nitrogens with one attached hydrogen (secondary N) is 1. The summed E-state index contributed by atoms with van der Waals surface area (Å²) in [6.45, 7) is 3.78. The molecule has 0 saturated carbocycles. The molecule has 1 fully saturated rings. The highest BCUT2D eigenvalue weighted by Gasteiger charge is 2.38. The number of thioether (sulfide) groups is 2. The maximum atomic E-state index is 12.8. The molecule has 5 nitrogen and oxygen atoms in total. The Balaban J connectivity index is 1.88. The van der Waals surface area contributed by atoms with Crippen molar-refractivity contribution < 1.29 is 9.59 Å². The van der Waals surface area contributed by atoms with E-state index in [2.05, 4.69) is 0 Å². The van der Waals surface area contributed by atoms with Crippen LogP contribution in [0, 0.1) is 5.41 Å². The van der Waals surface area contributed by atoms with Gasteiger partial charge in [0.15, 0.2) is 11.0 Å². The molecule has 2 heterocycles. The molecule has 0 spiro atoms. The van der Waals surface area contributed by atoms with Crippen LogP contribution >= 0.6 is 23.5 Å². The first kappa shape index (κ1) is 16.9. The van der Waals surface area contributed by atoms with Crippen LogP contribution in [-0.2, 0) is 16.1 Å². The average molecular weight is 359 g/mol. The predicted molar refractivity (Wildman–Crippen MR) is 98.1 cm³/mol. The zero-order valence-electron chi connectivity index (χ0n) is 13.6. The third-order valence-corrected chi connectivity index (χ3v) is 6.49. The van der Waals surface area contributed by atoms with Gasteiger partial charge in [-0.15, -0.1) is 0 Å². The second-order valence-electron chi connectivity index (χ2n) is 5.55. The van der Waals surface area contributed by atoms with Gasteiger partial charge in [-0.1, -0.05) is 42.1 Å². The smallest absolute Gasteiger partial charge is 0.269 e. The number of carbonyl (C=O) groups is 2. The van der Waals surface area contributed by atoms with Gasteiger partial charge in [0.25, 0.3) is 5.91 Å². The minimum Gasteiger partial charge on any atom is -0.341 e. The zero-order valence-corrected chi connectivity index (χ0v) is 15.3. The van der Waals surface area contributed by atoms with E-state index in [0.29, 0.717) is 16.4 Å². The van der Waals surface area contributed by atoms with E-state index in [1.165, 1.54) is 23.6 Å². The third-order valence-electron chi connectivity index (χ3n) is 3.92. The van der Waals surface area contributed by atoms with Crippen LogP contribution in [0.4, 0.5) is 0 Å². The maximum absolute atomic E-state index is 12.8. The van der Waals surface area contributed by atoms with E-state index in [4.69, 9.17) is 5.41 Å². The highest BCUT2D eigenvalue weighted by atomic mass is 32.2. The topological polar surface area (TPSA) is 64.5 Å². The summed E-state index contributed by atoms with van der Waals surface area (Å²) in [4.78, 5) is 29.0. The Morgan fingerprint density at radius 1 is 1.21 bits per heavy atom. The van der Waals surface area contributed by atoms with Crippen molar-refractivity contribution in [3.8, 4) is 0 Å². The highest BCUT2D eigenvalue weighted by Crippen LogP contribution is 2.46. The number of nitrogens with zero attached hydrogens (tertiary/aromatic N) is 2. The molecule has 2 aliphatic heterocycles. The average Bonchev–Trinajstić information content (AvgIpc) is 3.00. The van der Waals surface area contributed by atoms with Gasteiger partial charge in [0.05, 0.1) is 16.5 Å². The molecular weight excluding hydrogens is 342 g/mol. The molecule has 0 aliphatic carbocycles. The molecule has 3 rings (SSSR count). The third kappa shape index (κ3) is 2.89. The second-order valence-corrected chi connectivity index (χ2v) is 7.55. The van der Waals surface area contributed by atoms with Gasteiger partial charge in [-0.25, -0.2) is 0 Å². The van der Waals surface area contributed by atoms with Crippen LogP contribution in [-0.4, -0.2) is 33.7 Å². The number of Topliss-reactive ketones (excluding diaryl/α,β-unsaturated/α-hetero) is 1. The van der Waals surface area contributed by atoms with Gasteiger partial charge in [-0.05, 0) is 31.2 Å². The molecule has 0 bridgehead atoms. The van der Waals surface area contributed by atoms with Crippen LogP contribution in [0.5, 0.6) is 0 Å². The number of allylic oxidation sites excluding steroid dienone is 2. The number of rotatable bonds is 3. The van der Waals surface area contributed by atoms with Crippen LogP contribution < -0.4 is 0 Å².